The third-order valence-electron chi connectivity index (χ3n) is 6.51. The van der Waals surface area contributed by atoms with E-state index in [4.69, 9.17) is 16.3 Å². The molecule has 0 fully saturated rings. The van der Waals surface area contributed by atoms with Crippen LogP contribution in [-0.2, 0) is 32.6 Å². The molecule has 8 nitrogen and oxygen atoms in total. The van der Waals surface area contributed by atoms with E-state index in [2.05, 4.69) is 5.32 Å². The summed E-state index contributed by atoms with van der Waals surface area (Å²) in [5, 5.41) is 3.40. The summed E-state index contributed by atoms with van der Waals surface area (Å²) in [6.45, 7) is 4.09. The molecule has 10 heteroatoms. The first-order chi connectivity index (χ1) is 19.7. The lowest BCUT2D eigenvalue weighted by atomic mass is 10.0. The minimum absolute atomic E-state index is 0.0158. The second-order valence-corrected chi connectivity index (χ2v) is 11.9. The van der Waals surface area contributed by atoms with Crippen LogP contribution in [-0.4, -0.2) is 57.1 Å². The van der Waals surface area contributed by atoms with E-state index < -0.39 is 28.5 Å². The third kappa shape index (κ3) is 9.23. The Morgan fingerprint density at radius 3 is 2.27 bits per heavy atom. The zero-order chi connectivity index (χ0) is 29.8. The van der Waals surface area contributed by atoms with Crippen LogP contribution < -0.4 is 14.4 Å². The van der Waals surface area contributed by atoms with E-state index in [0.29, 0.717) is 29.5 Å². The highest BCUT2D eigenvalue weighted by Crippen LogP contribution is 2.30. The molecule has 0 spiro atoms. The number of hydrogen-bond donors (Lipinski definition) is 1. The lowest BCUT2D eigenvalue weighted by Gasteiger charge is -2.34. The number of unbranched alkanes of at least 4 members (excludes halogenated alkanes) is 1. The zero-order valence-electron chi connectivity index (χ0n) is 23.8. The molecule has 0 aliphatic rings. The molecule has 0 radical (unpaired) electrons. The van der Waals surface area contributed by atoms with Gasteiger partial charge in [-0.05, 0) is 42.7 Å². The quantitative estimate of drug-likeness (QED) is 0.246. The van der Waals surface area contributed by atoms with Crippen LogP contribution in [0.25, 0.3) is 0 Å². The van der Waals surface area contributed by atoms with Crippen molar-refractivity contribution in [3.8, 4) is 5.75 Å². The van der Waals surface area contributed by atoms with E-state index in [9.17, 15) is 18.0 Å². The van der Waals surface area contributed by atoms with Crippen LogP contribution in [0.2, 0.25) is 5.02 Å². The molecule has 0 unspecified atom stereocenters. The van der Waals surface area contributed by atoms with Gasteiger partial charge in [-0.25, -0.2) is 8.42 Å². The molecule has 0 aliphatic heterocycles. The van der Waals surface area contributed by atoms with Crippen molar-refractivity contribution in [3.63, 3.8) is 0 Å². The van der Waals surface area contributed by atoms with Crippen molar-refractivity contribution in [1.82, 2.24) is 10.2 Å². The van der Waals surface area contributed by atoms with Crippen molar-refractivity contribution < 1.29 is 22.7 Å². The summed E-state index contributed by atoms with van der Waals surface area (Å²) < 4.78 is 32.8. The number of hydrogen-bond acceptors (Lipinski definition) is 5. The van der Waals surface area contributed by atoms with Gasteiger partial charge in [0.15, 0.2) is 0 Å². The Morgan fingerprint density at radius 2 is 1.61 bits per heavy atom. The molecule has 2 amide bonds. The van der Waals surface area contributed by atoms with E-state index >= 15 is 0 Å². The maximum absolute atomic E-state index is 14.2. The van der Waals surface area contributed by atoms with Gasteiger partial charge in [-0.3, -0.25) is 13.9 Å². The Bertz CT molecular complexity index is 1400. The summed E-state index contributed by atoms with van der Waals surface area (Å²) in [5.41, 5.74) is 1.75. The average molecular weight is 600 g/mol. The first-order valence-corrected chi connectivity index (χ1v) is 15.9. The first-order valence-electron chi connectivity index (χ1n) is 13.7. The maximum atomic E-state index is 14.2. The summed E-state index contributed by atoms with van der Waals surface area (Å²) in [4.78, 5) is 29.3. The number of benzene rings is 3. The van der Waals surface area contributed by atoms with Crippen molar-refractivity contribution in [2.75, 3.05) is 30.3 Å². The fourth-order valence-corrected chi connectivity index (χ4v) is 5.45. The summed E-state index contributed by atoms with van der Waals surface area (Å²) in [6, 6.07) is 22.3. The molecular weight excluding hydrogens is 562 g/mol. The van der Waals surface area contributed by atoms with Gasteiger partial charge in [0.05, 0.1) is 18.6 Å². The Labute approximate surface area is 248 Å². The minimum atomic E-state index is -3.91. The van der Waals surface area contributed by atoms with Crippen LogP contribution in [0.4, 0.5) is 5.69 Å². The second kappa shape index (κ2) is 15.4. The number of amides is 2. The Morgan fingerprint density at radius 1 is 0.951 bits per heavy atom. The van der Waals surface area contributed by atoms with Crippen molar-refractivity contribution in [3.05, 3.63) is 95.0 Å². The number of para-hydroxylation sites is 2. The van der Waals surface area contributed by atoms with Gasteiger partial charge in [-0.1, -0.05) is 85.6 Å². The Hall–Kier alpha value is -3.56. The molecule has 0 saturated carbocycles. The maximum Gasteiger partial charge on any atom is 0.244 e. The third-order valence-corrected chi connectivity index (χ3v) is 8.01. The topological polar surface area (TPSA) is 96.0 Å². The Kier molecular flexibility index (Phi) is 12.0. The van der Waals surface area contributed by atoms with Crippen molar-refractivity contribution in [2.24, 2.45) is 0 Å². The van der Waals surface area contributed by atoms with Crippen molar-refractivity contribution >= 4 is 39.1 Å². The van der Waals surface area contributed by atoms with Crippen LogP contribution in [0, 0.1) is 0 Å². The van der Waals surface area contributed by atoms with Gasteiger partial charge in [0.25, 0.3) is 0 Å². The molecule has 0 aliphatic carbocycles. The second-order valence-electron chi connectivity index (χ2n) is 9.63. The molecule has 0 bridgehead atoms. The predicted octanol–water partition coefficient (Wildman–Crippen LogP) is 5.06. The van der Waals surface area contributed by atoms with E-state index in [0.717, 1.165) is 29.0 Å². The number of rotatable bonds is 15. The molecule has 0 saturated heterocycles. The van der Waals surface area contributed by atoms with Crippen molar-refractivity contribution in [2.45, 2.75) is 45.7 Å². The van der Waals surface area contributed by atoms with E-state index in [1.165, 1.54) is 4.90 Å². The standard InChI is InChI=1S/C31H38ClN3O5S/c1-4-6-20-33-31(37)28(21-24-14-8-7-9-15-24)34(22-25-16-10-11-17-26(25)32)30(36)23-35(41(3,38)39)27-18-12-13-19-29(27)40-5-2/h7-19,28H,4-6,20-23H2,1-3H3,(H,33,37)/t28-/m1/s1. The highest BCUT2D eigenvalue weighted by molar-refractivity contribution is 7.92. The number of nitrogens with one attached hydrogen (secondary N) is 1. The molecule has 3 rings (SSSR count). The fourth-order valence-electron chi connectivity index (χ4n) is 4.41. The molecule has 0 heterocycles. The number of halogens is 1. The van der Waals surface area contributed by atoms with E-state index in [-0.39, 0.29) is 24.6 Å². The number of ether oxygens (including phenoxy) is 1. The van der Waals surface area contributed by atoms with Gasteiger partial charge < -0.3 is 15.0 Å². The minimum Gasteiger partial charge on any atom is -0.492 e. The molecule has 1 N–H and O–H groups in total. The van der Waals surface area contributed by atoms with Crippen LogP contribution in [0.3, 0.4) is 0 Å². The number of anilines is 1. The number of carbonyl (C=O) groups is 2. The van der Waals surface area contributed by atoms with Crippen LogP contribution in [0.5, 0.6) is 5.75 Å². The monoisotopic (exact) mass is 599 g/mol. The summed E-state index contributed by atoms with van der Waals surface area (Å²) in [7, 11) is -3.91. The van der Waals surface area contributed by atoms with Gasteiger partial charge in [-0.2, -0.15) is 0 Å². The van der Waals surface area contributed by atoms with E-state index in [1.54, 1.807) is 55.5 Å². The molecule has 3 aromatic rings. The lowest BCUT2D eigenvalue weighted by molar-refractivity contribution is -0.140. The largest absolute Gasteiger partial charge is 0.492 e. The van der Waals surface area contributed by atoms with Gasteiger partial charge in [0.1, 0.15) is 18.3 Å². The average Bonchev–Trinajstić information content (AvgIpc) is 2.95. The van der Waals surface area contributed by atoms with Crippen LogP contribution in [0.1, 0.15) is 37.8 Å². The summed E-state index contributed by atoms with van der Waals surface area (Å²) >= 11 is 6.49. The molecule has 1 atom stereocenters. The van der Waals surface area contributed by atoms with Gasteiger partial charge in [0.2, 0.25) is 21.8 Å². The Balaban J connectivity index is 2.07. The van der Waals surface area contributed by atoms with Gasteiger partial charge >= 0.3 is 0 Å². The lowest BCUT2D eigenvalue weighted by Crippen LogP contribution is -2.53. The molecule has 41 heavy (non-hydrogen) atoms. The first kappa shape index (κ1) is 32.0. The SMILES string of the molecule is CCCCNC(=O)[C@@H](Cc1ccccc1)N(Cc1ccccc1Cl)C(=O)CN(c1ccccc1OCC)S(C)(=O)=O. The normalized spacial score (nSPS) is 11.9. The highest BCUT2D eigenvalue weighted by atomic mass is 35.5. The zero-order valence-corrected chi connectivity index (χ0v) is 25.3. The van der Waals surface area contributed by atoms with E-state index in [1.807, 2.05) is 37.3 Å². The molecule has 0 aromatic heterocycles. The molecular formula is C31H38ClN3O5S. The van der Waals surface area contributed by atoms with Crippen LogP contribution in [0.15, 0.2) is 78.9 Å². The smallest absolute Gasteiger partial charge is 0.244 e. The number of sulfonamides is 1. The van der Waals surface area contributed by atoms with Crippen LogP contribution >= 0.6 is 11.6 Å². The molecule has 3 aromatic carbocycles. The van der Waals surface area contributed by atoms with Gasteiger partial charge in [-0.15, -0.1) is 0 Å². The summed E-state index contributed by atoms with van der Waals surface area (Å²) in [6.07, 6.45) is 2.97. The van der Waals surface area contributed by atoms with Crippen molar-refractivity contribution in [1.29, 1.82) is 0 Å². The number of nitrogens with zero attached hydrogens (tertiary/aromatic N) is 2. The highest BCUT2D eigenvalue weighted by Gasteiger charge is 2.34. The predicted molar refractivity (Wildman–Crippen MR) is 164 cm³/mol. The fraction of sp³-hybridized carbons (Fsp3) is 0.355. The number of carbonyl (C=O) groups excluding carboxylic acids is 2. The summed E-state index contributed by atoms with van der Waals surface area (Å²) in [5.74, 6) is -0.527. The molecule has 220 valence electrons. The van der Waals surface area contributed by atoms with Gasteiger partial charge in [0, 0.05) is 24.5 Å².